The van der Waals surface area contributed by atoms with Crippen LogP contribution in [0.15, 0.2) is 89.8 Å². The number of ether oxygens (including phenoxy) is 3. The Kier molecular flexibility index (Phi) is 11.0. The molecule has 0 heterocycles. The molecule has 0 amide bonds. The van der Waals surface area contributed by atoms with Crippen LogP contribution in [0.2, 0.25) is 0 Å². The van der Waals surface area contributed by atoms with Crippen LogP contribution >= 0.6 is 0 Å². The number of sulfone groups is 1. The summed E-state index contributed by atoms with van der Waals surface area (Å²) >= 11 is 0. The summed E-state index contributed by atoms with van der Waals surface area (Å²) in [5.41, 5.74) is 2.87. The first-order valence-corrected chi connectivity index (χ1v) is 13.4. The lowest BCUT2D eigenvalue weighted by Crippen LogP contribution is -2.11. The van der Waals surface area contributed by atoms with E-state index in [1.165, 1.54) is 0 Å². The second kappa shape index (κ2) is 14.4. The third kappa shape index (κ3) is 10.0. The zero-order chi connectivity index (χ0) is 24.8. The van der Waals surface area contributed by atoms with Crippen LogP contribution in [-0.2, 0) is 48.5 Å². The Morgan fingerprint density at radius 2 is 1.17 bits per heavy atom. The minimum absolute atomic E-state index is 0.00945. The van der Waals surface area contributed by atoms with Gasteiger partial charge in [0.15, 0.2) is 9.84 Å². The molecule has 0 atom stereocenters. The van der Waals surface area contributed by atoms with Crippen molar-refractivity contribution in [3.63, 3.8) is 0 Å². The number of esters is 1. The van der Waals surface area contributed by atoms with E-state index in [-0.39, 0.29) is 29.6 Å². The van der Waals surface area contributed by atoms with E-state index in [4.69, 9.17) is 14.2 Å². The minimum atomic E-state index is -3.40. The molecule has 3 aromatic carbocycles. The van der Waals surface area contributed by atoms with Crippen LogP contribution < -0.4 is 0 Å². The first kappa shape index (κ1) is 26.6. The van der Waals surface area contributed by atoms with Gasteiger partial charge in [0.25, 0.3) is 0 Å². The highest BCUT2D eigenvalue weighted by atomic mass is 32.2. The lowest BCUT2D eigenvalue weighted by atomic mass is 10.1. The number of rotatable bonds is 15. The van der Waals surface area contributed by atoms with Gasteiger partial charge in [-0.2, -0.15) is 0 Å². The predicted octanol–water partition coefficient (Wildman–Crippen LogP) is 4.76. The second-order valence-electron chi connectivity index (χ2n) is 8.14. The highest BCUT2D eigenvalue weighted by molar-refractivity contribution is 7.91. The summed E-state index contributed by atoms with van der Waals surface area (Å²) in [5.74, 6) is -0.338. The Morgan fingerprint density at radius 1 is 0.629 bits per heavy atom. The van der Waals surface area contributed by atoms with Crippen molar-refractivity contribution in [2.24, 2.45) is 0 Å². The Balaban J connectivity index is 1.30. The third-order valence-corrected chi connectivity index (χ3v) is 7.07. The molecule has 0 radical (unpaired) electrons. The van der Waals surface area contributed by atoms with Crippen molar-refractivity contribution >= 4 is 15.8 Å². The quantitative estimate of drug-likeness (QED) is 0.223. The van der Waals surface area contributed by atoms with Gasteiger partial charge in [0.2, 0.25) is 0 Å². The van der Waals surface area contributed by atoms with Crippen molar-refractivity contribution in [3.8, 4) is 0 Å². The molecule has 35 heavy (non-hydrogen) atoms. The number of carbonyl (C=O) groups is 1. The number of hydrogen-bond acceptors (Lipinski definition) is 6. The fourth-order valence-corrected chi connectivity index (χ4v) is 4.66. The van der Waals surface area contributed by atoms with E-state index in [1.807, 2.05) is 60.7 Å². The van der Waals surface area contributed by atoms with Crippen LogP contribution in [0.3, 0.4) is 0 Å². The van der Waals surface area contributed by atoms with E-state index in [1.54, 1.807) is 24.3 Å². The van der Waals surface area contributed by atoms with Gasteiger partial charge in [-0.05, 0) is 35.2 Å². The van der Waals surface area contributed by atoms with E-state index in [9.17, 15) is 13.2 Å². The zero-order valence-electron chi connectivity index (χ0n) is 19.8. The van der Waals surface area contributed by atoms with E-state index in [0.717, 1.165) is 11.1 Å². The van der Waals surface area contributed by atoms with Crippen molar-refractivity contribution in [1.82, 2.24) is 0 Å². The average Bonchev–Trinajstić information content (AvgIpc) is 2.87. The van der Waals surface area contributed by atoms with Crippen LogP contribution in [-0.4, -0.2) is 40.0 Å². The molecule has 0 aromatic heterocycles. The maximum Gasteiger partial charge on any atom is 0.310 e. The maximum absolute atomic E-state index is 12.6. The standard InChI is InChI=1S/C28H32O6S/c29-28(34-19-7-17-32-22-25-9-3-1-4-10-25)21-24-13-15-27(16-14-24)35(30,31)20-8-18-33-23-26-11-5-2-6-12-26/h1-6,9-16H,7-8,17-23H2. The van der Waals surface area contributed by atoms with Gasteiger partial charge in [0, 0.05) is 13.0 Å². The van der Waals surface area contributed by atoms with Gasteiger partial charge in [0.1, 0.15) is 0 Å². The van der Waals surface area contributed by atoms with Crippen LogP contribution in [0.5, 0.6) is 0 Å². The molecule has 0 aliphatic carbocycles. The number of carbonyl (C=O) groups excluding carboxylic acids is 1. The third-order valence-electron chi connectivity index (χ3n) is 5.25. The Morgan fingerprint density at radius 3 is 1.74 bits per heavy atom. The summed E-state index contributed by atoms with van der Waals surface area (Å²) in [5, 5.41) is 0. The predicted molar refractivity (Wildman–Crippen MR) is 135 cm³/mol. The summed E-state index contributed by atoms with van der Waals surface area (Å²) in [7, 11) is -3.40. The SMILES string of the molecule is O=C(Cc1ccc(S(=O)(=O)CCCOCc2ccccc2)cc1)OCCCOCc1ccccc1. The molecule has 0 aliphatic heterocycles. The van der Waals surface area contributed by atoms with Crippen molar-refractivity contribution in [3.05, 3.63) is 102 Å². The molecule has 0 N–H and O–H groups in total. The minimum Gasteiger partial charge on any atom is -0.465 e. The summed E-state index contributed by atoms with van der Waals surface area (Å²) in [6, 6.07) is 26.0. The molecule has 7 heteroatoms. The highest BCUT2D eigenvalue weighted by Gasteiger charge is 2.14. The van der Waals surface area contributed by atoms with Gasteiger partial charge in [-0.25, -0.2) is 8.42 Å². The van der Waals surface area contributed by atoms with Crippen molar-refractivity contribution in [1.29, 1.82) is 0 Å². The molecule has 186 valence electrons. The van der Waals surface area contributed by atoms with Gasteiger partial charge in [0.05, 0.1) is 43.5 Å². The summed E-state index contributed by atoms with van der Waals surface area (Å²) in [6.45, 7) is 2.16. The van der Waals surface area contributed by atoms with Crippen molar-refractivity contribution in [2.75, 3.05) is 25.6 Å². The van der Waals surface area contributed by atoms with Gasteiger partial charge in [-0.15, -0.1) is 0 Å². The number of benzene rings is 3. The number of hydrogen-bond donors (Lipinski definition) is 0. The normalized spacial score (nSPS) is 11.3. The molecular formula is C28H32O6S. The van der Waals surface area contributed by atoms with Gasteiger partial charge >= 0.3 is 5.97 Å². The summed E-state index contributed by atoms with van der Waals surface area (Å²) < 4.78 is 41.5. The van der Waals surface area contributed by atoms with Crippen LogP contribution in [0.1, 0.15) is 29.5 Å². The molecule has 0 aliphatic rings. The molecule has 3 rings (SSSR count). The fourth-order valence-electron chi connectivity index (χ4n) is 3.38. The molecule has 0 fully saturated rings. The summed E-state index contributed by atoms with van der Waals surface area (Å²) in [6.07, 6.45) is 1.13. The topological polar surface area (TPSA) is 78.9 Å². The Bertz CT molecular complexity index is 1110. The highest BCUT2D eigenvalue weighted by Crippen LogP contribution is 2.14. The average molecular weight is 497 g/mol. The molecule has 0 saturated heterocycles. The van der Waals surface area contributed by atoms with Crippen LogP contribution in [0.25, 0.3) is 0 Å². The molecule has 0 bridgehead atoms. The summed E-state index contributed by atoms with van der Waals surface area (Å²) in [4.78, 5) is 12.3. The van der Waals surface area contributed by atoms with Gasteiger partial charge in [-0.3, -0.25) is 4.79 Å². The van der Waals surface area contributed by atoms with E-state index >= 15 is 0 Å². The lowest BCUT2D eigenvalue weighted by molar-refractivity contribution is -0.143. The molecule has 3 aromatic rings. The zero-order valence-corrected chi connectivity index (χ0v) is 20.6. The molecular weight excluding hydrogens is 464 g/mol. The van der Waals surface area contributed by atoms with Crippen LogP contribution in [0.4, 0.5) is 0 Å². The Hall–Kier alpha value is -3.00. The molecule has 6 nitrogen and oxygen atoms in total. The van der Waals surface area contributed by atoms with E-state index in [0.29, 0.717) is 44.8 Å². The monoisotopic (exact) mass is 496 g/mol. The van der Waals surface area contributed by atoms with E-state index < -0.39 is 9.84 Å². The first-order chi connectivity index (χ1) is 17.0. The second-order valence-corrected chi connectivity index (χ2v) is 10.3. The van der Waals surface area contributed by atoms with E-state index in [2.05, 4.69) is 0 Å². The fraction of sp³-hybridized carbons (Fsp3) is 0.321. The molecule has 0 unspecified atom stereocenters. The van der Waals surface area contributed by atoms with Gasteiger partial charge < -0.3 is 14.2 Å². The smallest absolute Gasteiger partial charge is 0.310 e. The largest absolute Gasteiger partial charge is 0.465 e. The van der Waals surface area contributed by atoms with Crippen molar-refractivity contribution in [2.45, 2.75) is 37.4 Å². The van der Waals surface area contributed by atoms with Gasteiger partial charge in [-0.1, -0.05) is 72.8 Å². The molecule has 0 spiro atoms. The Labute approximate surface area is 207 Å². The maximum atomic E-state index is 12.6. The van der Waals surface area contributed by atoms with Crippen molar-refractivity contribution < 1.29 is 27.4 Å². The first-order valence-electron chi connectivity index (χ1n) is 11.7. The lowest BCUT2D eigenvalue weighted by Gasteiger charge is -2.08. The molecule has 0 saturated carbocycles. The van der Waals surface area contributed by atoms with Crippen LogP contribution in [0, 0.1) is 0 Å².